The van der Waals surface area contributed by atoms with E-state index in [2.05, 4.69) is 0 Å². The minimum atomic E-state index is -1.80. The maximum atomic E-state index is 10.5. The van der Waals surface area contributed by atoms with Crippen molar-refractivity contribution in [3.8, 4) is 0 Å². The second-order valence-electron chi connectivity index (χ2n) is 0.499. The molecule has 0 aliphatic rings. The second kappa shape index (κ2) is 1.84. The third kappa shape index (κ3) is 3.56. The van der Waals surface area contributed by atoms with Crippen LogP contribution in [0.25, 0.3) is 0 Å². The molecule has 29 valence electrons. The fraction of sp³-hybridized carbons (Fsp3) is 0.500. The standard InChI is InChI=1S/C2H2FO2/c3-2(5)1-4/h1H2. The van der Waals surface area contributed by atoms with E-state index in [1.54, 1.807) is 0 Å². The van der Waals surface area contributed by atoms with Gasteiger partial charge in [-0.1, -0.05) is 0 Å². The van der Waals surface area contributed by atoms with Crippen LogP contribution >= 0.6 is 0 Å². The summed E-state index contributed by atoms with van der Waals surface area (Å²) in [7, 11) is 0. The van der Waals surface area contributed by atoms with Crippen molar-refractivity contribution in [2.75, 3.05) is 6.61 Å². The van der Waals surface area contributed by atoms with E-state index in [0.717, 1.165) is 0 Å². The summed E-state index contributed by atoms with van der Waals surface area (Å²) in [6, 6.07) is -1.80. The van der Waals surface area contributed by atoms with Gasteiger partial charge in [0.25, 0.3) is 0 Å². The first kappa shape index (κ1) is 4.56. The van der Waals surface area contributed by atoms with Crippen LogP contribution in [-0.4, -0.2) is 12.6 Å². The Bertz CT molecular complexity index is 42.9. The van der Waals surface area contributed by atoms with E-state index in [0.29, 0.717) is 0 Å². The maximum absolute atomic E-state index is 10.5. The fourth-order valence-electron chi connectivity index (χ4n) is 0. The molecule has 0 saturated carbocycles. The summed E-state index contributed by atoms with van der Waals surface area (Å²) >= 11 is 0. The molecule has 0 unspecified atom stereocenters. The molecule has 0 aromatic heterocycles. The molecule has 0 aromatic rings. The van der Waals surface area contributed by atoms with Crippen molar-refractivity contribution in [3.05, 3.63) is 0 Å². The van der Waals surface area contributed by atoms with Crippen LogP contribution in [0.3, 0.4) is 0 Å². The predicted octanol–water partition coefficient (Wildman–Crippen LogP) is -0.0870. The van der Waals surface area contributed by atoms with Crippen molar-refractivity contribution in [2.24, 2.45) is 0 Å². The molecule has 0 fully saturated rings. The van der Waals surface area contributed by atoms with Crippen LogP contribution in [0.2, 0.25) is 0 Å². The Balaban J connectivity index is 2.85. The number of rotatable bonds is 1. The average Bonchev–Trinajstić information content (AvgIpc) is 1.38. The minimum absolute atomic E-state index is 1.25. The summed E-state index contributed by atoms with van der Waals surface area (Å²) in [5.41, 5.74) is 0. The highest BCUT2D eigenvalue weighted by atomic mass is 19.1. The van der Waals surface area contributed by atoms with Crippen molar-refractivity contribution in [2.45, 2.75) is 0 Å². The Labute approximate surface area is 28.2 Å². The van der Waals surface area contributed by atoms with E-state index in [9.17, 15) is 4.39 Å². The van der Waals surface area contributed by atoms with Gasteiger partial charge in [-0.15, -0.1) is 0 Å². The highest BCUT2D eigenvalue weighted by molar-refractivity contribution is 5.68. The first-order valence-electron chi connectivity index (χ1n) is 1.04. The van der Waals surface area contributed by atoms with Gasteiger partial charge in [0.05, 0.1) is 0 Å². The molecule has 0 heterocycles. The summed E-state index contributed by atoms with van der Waals surface area (Å²) < 4.78 is 10.5. The van der Waals surface area contributed by atoms with Crippen molar-refractivity contribution in [3.63, 3.8) is 0 Å². The van der Waals surface area contributed by atoms with Crippen molar-refractivity contribution in [1.29, 1.82) is 0 Å². The lowest BCUT2D eigenvalue weighted by Gasteiger charge is -1.63. The normalized spacial score (nSPS) is 7.60. The van der Waals surface area contributed by atoms with Crippen LogP contribution in [0.4, 0.5) is 4.39 Å². The molecule has 3 heteroatoms. The zero-order chi connectivity index (χ0) is 4.28. The van der Waals surface area contributed by atoms with Gasteiger partial charge in [0, 0.05) is 0 Å². The molecule has 0 amide bonds. The molecule has 0 bridgehead atoms. The van der Waals surface area contributed by atoms with Gasteiger partial charge in [0.15, 0.2) is 6.61 Å². The summed E-state index contributed by atoms with van der Waals surface area (Å²) in [6.07, 6.45) is 0. The Morgan fingerprint density at radius 2 is 2.00 bits per heavy atom. The lowest BCUT2D eigenvalue weighted by atomic mass is 10.8. The van der Waals surface area contributed by atoms with Crippen LogP contribution in [-0.2, 0) is 9.90 Å². The van der Waals surface area contributed by atoms with E-state index in [1.165, 1.54) is 0 Å². The minimum Gasteiger partial charge on any atom is -0.258 e. The quantitative estimate of drug-likeness (QED) is 0.403. The molecular weight excluding hydrogens is 75.0 g/mol. The van der Waals surface area contributed by atoms with Gasteiger partial charge < -0.3 is 0 Å². The third-order valence-electron chi connectivity index (χ3n) is 0.113. The van der Waals surface area contributed by atoms with Crippen LogP contribution in [0.5, 0.6) is 0 Å². The van der Waals surface area contributed by atoms with Gasteiger partial charge in [-0.25, -0.2) is 5.11 Å². The second-order valence-corrected chi connectivity index (χ2v) is 0.499. The molecule has 0 aromatic carbocycles. The van der Waals surface area contributed by atoms with E-state index in [4.69, 9.17) is 9.90 Å². The molecule has 0 aliphatic heterocycles. The van der Waals surface area contributed by atoms with Gasteiger partial charge in [0.2, 0.25) is 0 Å². The summed E-state index contributed by atoms with van der Waals surface area (Å²) in [5, 5.41) is 8.91. The lowest BCUT2D eigenvalue weighted by molar-refractivity contribution is -0.134. The van der Waals surface area contributed by atoms with Gasteiger partial charge >= 0.3 is 6.04 Å². The smallest absolute Gasteiger partial charge is 0.258 e. The summed E-state index contributed by atoms with van der Waals surface area (Å²) in [5.74, 6) is 0. The molecule has 2 nitrogen and oxygen atoms in total. The number of halogens is 1. The van der Waals surface area contributed by atoms with Crippen molar-refractivity contribution in [1.82, 2.24) is 0 Å². The van der Waals surface area contributed by atoms with Crippen LogP contribution < -0.4 is 0 Å². The van der Waals surface area contributed by atoms with Gasteiger partial charge in [0.1, 0.15) is 0 Å². The monoisotopic (exact) mass is 77.0 g/mol. The molecule has 0 spiro atoms. The number of hydrogen-bond donors (Lipinski definition) is 0. The van der Waals surface area contributed by atoms with Crippen molar-refractivity contribution >= 4 is 6.04 Å². The Kier molecular flexibility index (Phi) is 1.68. The molecule has 0 saturated heterocycles. The molecule has 0 aliphatic carbocycles. The van der Waals surface area contributed by atoms with Gasteiger partial charge in [-0.05, 0) is 0 Å². The average molecular weight is 77.0 g/mol. The molecular formula is C2H2FO2. The van der Waals surface area contributed by atoms with E-state index in [-0.39, 0.29) is 0 Å². The predicted molar refractivity (Wildman–Crippen MR) is 11.7 cm³/mol. The Morgan fingerprint density at radius 3 is 2.00 bits per heavy atom. The van der Waals surface area contributed by atoms with Crippen LogP contribution in [0, 0.1) is 0 Å². The Hall–Kier alpha value is -0.440. The highest BCUT2D eigenvalue weighted by Crippen LogP contribution is 1.63. The van der Waals surface area contributed by atoms with E-state index < -0.39 is 12.6 Å². The van der Waals surface area contributed by atoms with Gasteiger partial charge in [-0.3, -0.25) is 4.79 Å². The fourth-order valence-corrected chi connectivity index (χ4v) is 0. The van der Waals surface area contributed by atoms with E-state index in [1.807, 2.05) is 0 Å². The highest BCUT2D eigenvalue weighted by Gasteiger charge is 1.87. The zero-order valence-corrected chi connectivity index (χ0v) is 2.40. The Morgan fingerprint density at radius 1 is 1.80 bits per heavy atom. The third-order valence-corrected chi connectivity index (χ3v) is 0.113. The molecule has 0 rings (SSSR count). The van der Waals surface area contributed by atoms with Gasteiger partial charge in [-0.2, -0.15) is 4.39 Å². The van der Waals surface area contributed by atoms with E-state index >= 15 is 0 Å². The summed E-state index contributed by atoms with van der Waals surface area (Å²) in [6.45, 7) is -1.25. The topological polar surface area (TPSA) is 37.0 Å². The molecule has 0 atom stereocenters. The van der Waals surface area contributed by atoms with Crippen LogP contribution in [0.15, 0.2) is 0 Å². The number of carbonyl (C=O) groups is 1. The molecule has 1 radical (unpaired) electrons. The maximum Gasteiger partial charge on any atom is 0.330 e. The largest absolute Gasteiger partial charge is 0.330 e. The molecule has 5 heavy (non-hydrogen) atoms. The zero-order valence-electron chi connectivity index (χ0n) is 2.40. The number of hydrogen-bond acceptors (Lipinski definition) is 1. The SMILES string of the molecule is [O]CC(=O)F. The first-order valence-corrected chi connectivity index (χ1v) is 1.04. The summed E-state index contributed by atoms with van der Waals surface area (Å²) in [4.78, 5) is 8.83. The van der Waals surface area contributed by atoms with Crippen molar-refractivity contribution < 1.29 is 14.3 Å². The molecule has 0 N–H and O–H groups in total. The van der Waals surface area contributed by atoms with Crippen LogP contribution in [0.1, 0.15) is 0 Å². The number of carbonyl (C=O) groups excluding carboxylic acids is 1. The lowest BCUT2D eigenvalue weighted by Crippen LogP contribution is -1.89. The first-order chi connectivity index (χ1) is 2.27.